The number of benzene rings is 6. The van der Waals surface area contributed by atoms with Gasteiger partial charge in [0, 0.05) is 60.5 Å². The SMILES string of the molecule is C1=CC(c2ccc(-c3ccc(N(c4ccc(N5c6c(oc7c6C=CCC7)C6Oc7ccccc7C65)cc4)c4ccc5c(c4)sc4ccccc45)cc3)cc2)=CCC1. The molecule has 0 saturated carbocycles. The number of fused-ring (bicyclic) bond motifs is 10. The number of furan rings is 1. The van der Waals surface area contributed by atoms with Crippen molar-refractivity contribution in [1.82, 2.24) is 0 Å². The molecule has 0 amide bonds. The Bertz CT molecular complexity index is 2950. The van der Waals surface area contributed by atoms with Gasteiger partial charge < -0.3 is 19.0 Å². The second-order valence-electron chi connectivity index (χ2n) is 15.4. The molecule has 2 aliphatic carbocycles. The zero-order valence-corrected chi connectivity index (χ0v) is 32.1. The van der Waals surface area contributed by atoms with Crippen LogP contribution in [0.15, 0.2) is 168 Å². The molecule has 2 atom stereocenters. The minimum atomic E-state index is -0.184. The van der Waals surface area contributed by atoms with Crippen LogP contribution in [0.4, 0.5) is 28.4 Å². The summed E-state index contributed by atoms with van der Waals surface area (Å²) in [5.41, 5.74) is 13.0. The topological polar surface area (TPSA) is 28.9 Å². The van der Waals surface area contributed by atoms with Crippen molar-refractivity contribution in [3.8, 4) is 16.9 Å². The molecule has 0 bridgehead atoms. The molecule has 4 heterocycles. The first-order chi connectivity index (χ1) is 28.2. The number of anilines is 5. The quantitative estimate of drug-likeness (QED) is 0.169. The van der Waals surface area contributed by atoms with Crippen LogP contribution in [-0.2, 0) is 6.42 Å². The van der Waals surface area contributed by atoms with Crippen LogP contribution in [0, 0.1) is 0 Å². The van der Waals surface area contributed by atoms with E-state index in [0.29, 0.717) is 0 Å². The average Bonchev–Trinajstić information content (AvgIpc) is 4.03. The van der Waals surface area contributed by atoms with E-state index in [1.54, 1.807) is 0 Å². The van der Waals surface area contributed by atoms with Gasteiger partial charge in [-0.05, 0) is 102 Å². The van der Waals surface area contributed by atoms with E-state index in [2.05, 4.69) is 180 Å². The van der Waals surface area contributed by atoms with Crippen LogP contribution in [-0.4, -0.2) is 0 Å². The standard InChI is InChI=1S/C52H38N2O2S/c1-2-10-33(11-3-1)34-18-20-35(21-19-34)36-22-24-37(25-23-36)53(40-30-31-42-41-12-6-9-17-47(41)57-48(42)32-40)38-26-28-39(29-27-38)54-49-43-13-4-7-15-45(43)55-51(49)52-50(54)44-14-5-8-16-46(44)56-52/h2,4-7,9-15,17-32,49,51H,1,3,8,16H2. The predicted octanol–water partition coefficient (Wildman–Crippen LogP) is 14.8. The Morgan fingerprint density at radius 3 is 2.14 bits per heavy atom. The first kappa shape index (κ1) is 32.7. The molecular weight excluding hydrogens is 717 g/mol. The lowest BCUT2D eigenvalue weighted by Crippen LogP contribution is -2.21. The van der Waals surface area contributed by atoms with Crippen LogP contribution in [0.3, 0.4) is 0 Å². The van der Waals surface area contributed by atoms with Crippen LogP contribution >= 0.6 is 11.3 Å². The Morgan fingerprint density at radius 2 is 1.32 bits per heavy atom. The van der Waals surface area contributed by atoms with Crippen molar-refractivity contribution in [3.63, 3.8) is 0 Å². The molecule has 6 aromatic carbocycles. The largest absolute Gasteiger partial charge is 0.479 e. The summed E-state index contributed by atoms with van der Waals surface area (Å²) in [4.78, 5) is 4.85. The Kier molecular flexibility index (Phi) is 7.45. The maximum absolute atomic E-state index is 6.62. The van der Waals surface area contributed by atoms with E-state index in [1.165, 1.54) is 53.6 Å². The van der Waals surface area contributed by atoms with Gasteiger partial charge in [-0.1, -0.05) is 109 Å². The number of aryl methyl sites for hydroxylation is 1. The summed E-state index contributed by atoms with van der Waals surface area (Å²) in [7, 11) is 0. The summed E-state index contributed by atoms with van der Waals surface area (Å²) in [6.07, 6.45) is 15.3. The molecule has 0 spiro atoms. The number of nitrogens with zero attached hydrogens (tertiary/aromatic N) is 2. The summed E-state index contributed by atoms with van der Waals surface area (Å²) < 4.78 is 15.8. The van der Waals surface area contributed by atoms with Crippen LogP contribution in [0.25, 0.3) is 42.9 Å². The molecule has 0 radical (unpaired) electrons. The van der Waals surface area contributed by atoms with Crippen molar-refractivity contribution in [2.75, 3.05) is 9.80 Å². The van der Waals surface area contributed by atoms with Gasteiger partial charge in [-0.15, -0.1) is 11.3 Å². The molecule has 2 aliphatic heterocycles. The molecule has 0 fully saturated rings. The van der Waals surface area contributed by atoms with Gasteiger partial charge in [0.25, 0.3) is 0 Å². The second-order valence-corrected chi connectivity index (χ2v) is 16.5. The van der Waals surface area contributed by atoms with Crippen LogP contribution in [0.2, 0.25) is 0 Å². The van der Waals surface area contributed by atoms with Gasteiger partial charge in [-0.2, -0.15) is 0 Å². The fourth-order valence-electron chi connectivity index (χ4n) is 9.36. The fraction of sp³-hybridized carbons (Fsp3) is 0.115. The first-order valence-electron chi connectivity index (χ1n) is 20.0. The monoisotopic (exact) mass is 754 g/mol. The number of para-hydroxylation sites is 1. The van der Waals surface area contributed by atoms with Crippen molar-refractivity contribution >= 4 is 71.6 Å². The predicted molar refractivity (Wildman–Crippen MR) is 237 cm³/mol. The van der Waals surface area contributed by atoms with E-state index in [9.17, 15) is 0 Å². The van der Waals surface area contributed by atoms with Gasteiger partial charge >= 0.3 is 0 Å². The molecule has 12 rings (SSSR count). The summed E-state index contributed by atoms with van der Waals surface area (Å²) in [6, 6.07) is 51.1. The maximum atomic E-state index is 6.62. The highest BCUT2D eigenvalue weighted by atomic mass is 32.1. The lowest BCUT2D eigenvalue weighted by atomic mass is 9.97. The highest BCUT2D eigenvalue weighted by Gasteiger charge is 2.51. The van der Waals surface area contributed by atoms with Gasteiger partial charge in [0.05, 0.1) is 5.69 Å². The van der Waals surface area contributed by atoms with E-state index < -0.39 is 0 Å². The molecule has 8 aromatic rings. The summed E-state index contributed by atoms with van der Waals surface area (Å²) in [6.45, 7) is 0. The molecule has 4 nitrogen and oxygen atoms in total. The highest BCUT2D eigenvalue weighted by Crippen LogP contribution is 2.61. The first-order valence-corrected chi connectivity index (χ1v) is 20.8. The maximum Gasteiger partial charge on any atom is 0.183 e. The Hall–Kier alpha value is -6.56. The number of thiophene rings is 1. The number of hydrogen-bond donors (Lipinski definition) is 0. The zero-order valence-electron chi connectivity index (χ0n) is 31.3. The van der Waals surface area contributed by atoms with Gasteiger partial charge in [0.2, 0.25) is 0 Å². The Morgan fingerprint density at radius 1 is 0.614 bits per heavy atom. The number of ether oxygens (including phenoxy) is 1. The van der Waals surface area contributed by atoms with Crippen LogP contribution in [0.1, 0.15) is 59.6 Å². The molecule has 5 heteroatoms. The van der Waals surface area contributed by atoms with E-state index in [0.717, 1.165) is 71.4 Å². The van der Waals surface area contributed by atoms with E-state index in [-0.39, 0.29) is 12.1 Å². The molecule has 274 valence electrons. The molecule has 2 aromatic heterocycles. The second kappa shape index (κ2) is 13.0. The molecule has 2 unspecified atom stereocenters. The van der Waals surface area contributed by atoms with Gasteiger partial charge in [-0.25, -0.2) is 0 Å². The average molecular weight is 755 g/mol. The number of rotatable bonds is 6. The van der Waals surface area contributed by atoms with Crippen molar-refractivity contribution in [2.24, 2.45) is 0 Å². The number of allylic oxidation sites excluding steroid dienone is 5. The normalized spacial score (nSPS) is 17.6. The summed E-state index contributed by atoms with van der Waals surface area (Å²) in [5.74, 6) is 2.93. The molecule has 4 aliphatic rings. The minimum absolute atomic E-state index is 0.00497. The van der Waals surface area contributed by atoms with Crippen LogP contribution in [0.5, 0.6) is 5.75 Å². The lowest BCUT2D eigenvalue weighted by Gasteiger charge is -2.29. The third-order valence-corrected chi connectivity index (χ3v) is 13.2. The third kappa shape index (κ3) is 5.26. The summed E-state index contributed by atoms with van der Waals surface area (Å²) >= 11 is 1.85. The van der Waals surface area contributed by atoms with E-state index in [1.807, 2.05) is 11.3 Å². The lowest BCUT2D eigenvalue weighted by molar-refractivity contribution is 0.190. The van der Waals surface area contributed by atoms with Gasteiger partial charge in [0.15, 0.2) is 11.9 Å². The van der Waals surface area contributed by atoms with Gasteiger partial charge in [-0.3, -0.25) is 0 Å². The summed E-state index contributed by atoms with van der Waals surface area (Å²) in [5, 5.41) is 2.60. The molecule has 0 saturated heterocycles. The van der Waals surface area contributed by atoms with Crippen molar-refractivity contribution in [3.05, 3.63) is 192 Å². The molecule has 57 heavy (non-hydrogen) atoms. The third-order valence-electron chi connectivity index (χ3n) is 12.1. The molecular formula is C52H38N2O2S. The Balaban J connectivity index is 0.942. The van der Waals surface area contributed by atoms with Crippen molar-refractivity contribution < 1.29 is 9.15 Å². The van der Waals surface area contributed by atoms with E-state index in [4.69, 9.17) is 9.15 Å². The smallest absolute Gasteiger partial charge is 0.183 e. The van der Waals surface area contributed by atoms with Crippen molar-refractivity contribution in [1.29, 1.82) is 0 Å². The van der Waals surface area contributed by atoms with Gasteiger partial charge in [0.1, 0.15) is 17.6 Å². The minimum Gasteiger partial charge on any atom is -0.479 e. The highest BCUT2D eigenvalue weighted by molar-refractivity contribution is 7.25. The fourth-order valence-corrected chi connectivity index (χ4v) is 10.5. The number of hydrogen-bond acceptors (Lipinski definition) is 5. The van der Waals surface area contributed by atoms with Crippen molar-refractivity contribution in [2.45, 2.75) is 37.8 Å². The van der Waals surface area contributed by atoms with Crippen LogP contribution < -0.4 is 14.5 Å². The van der Waals surface area contributed by atoms with E-state index >= 15 is 0 Å². The molecule has 0 N–H and O–H groups in total. The Labute approximate surface area is 335 Å². The zero-order chi connectivity index (χ0) is 37.5.